The number of anilines is 1. The van der Waals surface area contributed by atoms with Crippen LogP contribution in [0.5, 0.6) is 5.75 Å². The van der Waals surface area contributed by atoms with Gasteiger partial charge >= 0.3 is 0 Å². The fourth-order valence-corrected chi connectivity index (χ4v) is 1.43. The van der Waals surface area contributed by atoms with Crippen LogP contribution >= 0.6 is 0 Å². The number of rotatable bonds is 9. The average molecular weight is 266 g/mol. The van der Waals surface area contributed by atoms with Crippen molar-refractivity contribution in [3.63, 3.8) is 0 Å². The van der Waals surface area contributed by atoms with Gasteiger partial charge in [-0.2, -0.15) is 0 Å². The van der Waals surface area contributed by atoms with E-state index < -0.39 is 0 Å². The van der Waals surface area contributed by atoms with Gasteiger partial charge in [0.25, 0.3) is 0 Å². The standard InChI is InChI=1S/C14H22N2O3/c1-3-9-19-13-6-4-12(5-7-13)16-11-14(17)15-8-10-18-2/h4-7,16H,3,8-11H2,1-2H3,(H,15,17). The monoisotopic (exact) mass is 266 g/mol. The Kier molecular flexibility index (Phi) is 7.43. The molecule has 1 rings (SSSR count). The Morgan fingerprint density at radius 3 is 2.58 bits per heavy atom. The van der Waals surface area contributed by atoms with Gasteiger partial charge in [0.2, 0.25) is 5.91 Å². The first-order chi connectivity index (χ1) is 9.26. The van der Waals surface area contributed by atoms with Crippen molar-refractivity contribution in [1.82, 2.24) is 5.32 Å². The SMILES string of the molecule is CCCOc1ccc(NCC(=O)NCCOC)cc1. The molecule has 0 fully saturated rings. The smallest absolute Gasteiger partial charge is 0.239 e. The first-order valence-corrected chi connectivity index (χ1v) is 6.48. The Balaban J connectivity index is 2.27. The zero-order valence-electron chi connectivity index (χ0n) is 11.6. The van der Waals surface area contributed by atoms with Crippen molar-refractivity contribution in [3.05, 3.63) is 24.3 Å². The number of hydrogen-bond acceptors (Lipinski definition) is 4. The summed E-state index contributed by atoms with van der Waals surface area (Å²) in [4.78, 5) is 11.4. The molecular weight excluding hydrogens is 244 g/mol. The zero-order valence-corrected chi connectivity index (χ0v) is 11.6. The van der Waals surface area contributed by atoms with Crippen LogP contribution in [0.3, 0.4) is 0 Å². The molecule has 1 aromatic rings. The Morgan fingerprint density at radius 2 is 1.95 bits per heavy atom. The van der Waals surface area contributed by atoms with E-state index in [1.54, 1.807) is 7.11 Å². The second-order valence-corrected chi connectivity index (χ2v) is 4.07. The van der Waals surface area contributed by atoms with Gasteiger partial charge in [-0.25, -0.2) is 0 Å². The van der Waals surface area contributed by atoms with Crippen LogP contribution in [0, 0.1) is 0 Å². The highest BCUT2D eigenvalue weighted by Crippen LogP contribution is 2.15. The minimum Gasteiger partial charge on any atom is -0.494 e. The molecular formula is C14H22N2O3. The van der Waals surface area contributed by atoms with Crippen LogP contribution in [0.4, 0.5) is 5.69 Å². The fraction of sp³-hybridized carbons (Fsp3) is 0.500. The largest absolute Gasteiger partial charge is 0.494 e. The summed E-state index contributed by atoms with van der Waals surface area (Å²) in [6, 6.07) is 7.57. The summed E-state index contributed by atoms with van der Waals surface area (Å²) in [5.41, 5.74) is 0.894. The number of amides is 1. The lowest BCUT2D eigenvalue weighted by Crippen LogP contribution is -2.32. The third-order valence-corrected chi connectivity index (χ3v) is 2.41. The molecule has 0 aliphatic carbocycles. The molecule has 0 heterocycles. The van der Waals surface area contributed by atoms with Gasteiger partial charge in [-0.3, -0.25) is 4.79 Å². The summed E-state index contributed by atoms with van der Waals surface area (Å²) in [6.45, 7) is 4.09. The third-order valence-electron chi connectivity index (χ3n) is 2.41. The van der Waals surface area contributed by atoms with E-state index in [-0.39, 0.29) is 12.5 Å². The number of nitrogens with one attached hydrogen (secondary N) is 2. The molecule has 0 aromatic heterocycles. The van der Waals surface area contributed by atoms with E-state index in [1.165, 1.54) is 0 Å². The van der Waals surface area contributed by atoms with E-state index in [1.807, 2.05) is 24.3 Å². The van der Waals surface area contributed by atoms with Crippen LogP contribution in [0.25, 0.3) is 0 Å². The summed E-state index contributed by atoms with van der Waals surface area (Å²) in [6.07, 6.45) is 0.988. The van der Waals surface area contributed by atoms with Gasteiger partial charge in [0, 0.05) is 19.3 Å². The molecule has 0 saturated heterocycles. The first-order valence-electron chi connectivity index (χ1n) is 6.48. The molecule has 1 aromatic carbocycles. The highest BCUT2D eigenvalue weighted by Gasteiger charge is 2.00. The normalized spacial score (nSPS) is 10.0. The van der Waals surface area contributed by atoms with Crippen molar-refractivity contribution in [2.75, 3.05) is 38.7 Å². The van der Waals surface area contributed by atoms with Crippen LogP contribution < -0.4 is 15.4 Å². The molecule has 5 heteroatoms. The zero-order chi connectivity index (χ0) is 13.9. The van der Waals surface area contributed by atoms with Crippen molar-refractivity contribution in [1.29, 1.82) is 0 Å². The van der Waals surface area contributed by atoms with Gasteiger partial charge in [-0.1, -0.05) is 6.92 Å². The maximum Gasteiger partial charge on any atom is 0.239 e. The number of ether oxygens (including phenoxy) is 2. The summed E-state index contributed by atoms with van der Waals surface area (Å²) in [5.74, 6) is 0.792. The molecule has 0 atom stereocenters. The molecule has 0 aliphatic rings. The summed E-state index contributed by atoms with van der Waals surface area (Å²) < 4.78 is 10.3. The molecule has 106 valence electrons. The number of carbonyl (C=O) groups is 1. The lowest BCUT2D eigenvalue weighted by molar-refractivity contribution is -0.119. The molecule has 0 spiro atoms. The minimum atomic E-state index is -0.0524. The quantitative estimate of drug-likeness (QED) is 0.667. The number of methoxy groups -OCH3 is 1. The van der Waals surface area contributed by atoms with Crippen LogP contribution in [0.15, 0.2) is 24.3 Å². The van der Waals surface area contributed by atoms with E-state index in [0.717, 1.165) is 17.9 Å². The Morgan fingerprint density at radius 1 is 1.21 bits per heavy atom. The van der Waals surface area contributed by atoms with Gasteiger partial charge in [-0.15, -0.1) is 0 Å². The molecule has 0 aliphatic heterocycles. The average Bonchev–Trinajstić information content (AvgIpc) is 2.44. The van der Waals surface area contributed by atoms with Crippen molar-refractivity contribution < 1.29 is 14.3 Å². The minimum absolute atomic E-state index is 0.0524. The van der Waals surface area contributed by atoms with Gasteiger partial charge in [-0.05, 0) is 30.7 Å². The first kappa shape index (κ1) is 15.3. The van der Waals surface area contributed by atoms with E-state index >= 15 is 0 Å². The van der Waals surface area contributed by atoms with E-state index in [0.29, 0.717) is 19.8 Å². The van der Waals surface area contributed by atoms with Crippen LogP contribution in [-0.2, 0) is 9.53 Å². The Labute approximate surface area is 114 Å². The van der Waals surface area contributed by atoms with Gasteiger partial charge in [0.05, 0.1) is 19.8 Å². The van der Waals surface area contributed by atoms with Gasteiger partial charge < -0.3 is 20.1 Å². The fourth-order valence-electron chi connectivity index (χ4n) is 1.43. The third kappa shape index (κ3) is 6.67. The van der Waals surface area contributed by atoms with E-state index in [4.69, 9.17) is 9.47 Å². The lowest BCUT2D eigenvalue weighted by atomic mass is 10.3. The number of carbonyl (C=O) groups excluding carboxylic acids is 1. The number of benzene rings is 1. The molecule has 1 amide bonds. The lowest BCUT2D eigenvalue weighted by Gasteiger charge is -2.09. The summed E-state index contributed by atoms with van der Waals surface area (Å²) in [5, 5.41) is 5.79. The van der Waals surface area contributed by atoms with Crippen molar-refractivity contribution >= 4 is 11.6 Å². The maximum absolute atomic E-state index is 11.4. The van der Waals surface area contributed by atoms with Crippen LogP contribution in [0.1, 0.15) is 13.3 Å². The molecule has 2 N–H and O–H groups in total. The van der Waals surface area contributed by atoms with Crippen molar-refractivity contribution in [2.24, 2.45) is 0 Å². The van der Waals surface area contributed by atoms with Crippen molar-refractivity contribution in [2.45, 2.75) is 13.3 Å². The topological polar surface area (TPSA) is 59.6 Å². The van der Waals surface area contributed by atoms with Gasteiger partial charge in [0.1, 0.15) is 5.75 Å². The Hall–Kier alpha value is -1.75. The Bertz CT molecular complexity index is 365. The highest BCUT2D eigenvalue weighted by molar-refractivity contribution is 5.80. The van der Waals surface area contributed by atoms with Crippen LogP contribution in [-0.4, -0.2) is 39.3 Å². The molecule has 0 unspecified atom stereocenters. The molecule has 0 radical (unpaired) electrons. The highest BCUT2D eigenvalue weighted by atomic mass is 16.5. The predicted molar refractivity (Wildman–Crippen MR) is 75.6 cm³/mol. The maximum atomic E-state index is 11.4. The predicted octanol–water partition coefficient (Wildman–Crippen LogP) is 1.65. The summed E-state index contributed by atoms with van der Waals surface area (Å²) >= 11 is 0. The second-order valence-electron chi connectivity index (χ2n) is 4.07. The van der Waals surface area contributed by atoms with Crippen molar-refractivity contribution in [3.8, 4) is 5.75 Å². The molecule has 0 saturated carbocycles. The van der Waals surface area contributed by atoms with Gasteiger partial charge in [0.15, 0.2) is 0 Å². The van der Waals surface area contributed by atoms with E-state index in [9.17, 15) is 4.79 Å². The summed E-state index contributed by atoms with van der Waals surface area (Å²) in [7, 11) is 1.60. The van der Waals surface area contributed by atoms with Crippen LogP contribution in [0.2, 0.25) is 0 Å². The van der Waals surface area contributed by atoms with E-state index in [2.05, 4.69) is 17.6 Å². The second kappa shape index (κ2) is 9.22. The molecule has 19 heavy (non-hydrogen) atoms. The molecule has 5 nitrogen and oxygen atoms in total. The number of hydrogen-bond donors (Lipinski definition) is 2. The molecule has 0 bridgehead atoms.